The van der Waals surface area contributed by atoms with Crippen molar-refractivity contribution >= 4 is 34.0 Å². The largest absolute Gasteiger partial charge is 0.451 e. The predicted octanol–water partition coefficient (Wildman–Crippen LogP) is 2.95. The molecule has 1 amide bonds. The molecule has 0 aliphatic carbocycles. The Morgan fingerprint density at radius 3 is 2.48 bits per heavy atom. The lowest BCUT2D eigenvalue weighted by molar-refractivity contribution is -0.119. The highest BCUT2D eigenvalue weighted by atomic mass is 16.5. The van der Waals surface area contributed by atoms with Crippen LogP contribution < -0.4 is 15.8 Å². The number of amides is 1. The summed E-state index contributed by atoms with van der Waals surface area (Å²) in [6.07, 6.45) is 2.37. The monoisotopic (exact) mass is 420 g/mol. The van der Waals surface area contributed by atoms with Crippen LogP contribution in [-0.4, -0.2) is 41.8 Å². The number of aromatic amines is 1. The van der Waals surface area contributed by atoms with E-state index >= 15 is 0 Å². The third kappa shape index (κ3) is 4.74. The van der Waals surface area contributed by atoms with Crippen LogP contribution in [-0.2, 0) is 9.53 Å². The third-order valence-electron chi connectivity index (χ3n) is 5.52. The Labute approximate surface area is 179 Å². The van der Waals surface area contributed by atoms with Crippen LogP contribution in [0.3, 0.4) is 0 Å². The van der Waals surface area contributed by atoms with Gasteiger partial charge in [0.25, 0.3) is 11.5 Å². The number of fused-ring (bicyclic) bond motifs is 1. The molecule has 1 fully saturated rings. The van der Waals surface area contributed by atoms with Crippen LogP contribution in [0, 0.1) is 5.92 Å². The standard InChI is InChI=1S/C23H24N4O4/c1-15-10-12-27(13-11-15)17-8-6-16(7-9-17)24-20(28)14-31-23(30)21-18-4-2-3-5-19(18)22(29)26-25-21/h2-9,15H,10-14H2,1H3,(H,24,28)(H,26,29). The lowest BCUT2D eigenvalue weighted by Gasteiger charge is -2.32. The van der Waals surface area contributed by atoms with Crippen LogP contribution in [0.2, 0.25) is 0 Å². The van der Waals surface area contributed by atoms with Gasteiger partial charge in [0.15, 0.2) is 12.3 Å². The van der Waals surface area contributed by atoms with Crippen molar-refractivity contribution in [3.05, 3.63) is 64.6 Å². The van der Waals surface area contributed by atoms with E-state index in [4.69, 9.17) is 4.74 Å². The van der Waals surface area contributed by atoms with Gasteiger partial charge in [0.05, 0.1) is 5.39 Å². The summed E-state index contributed by atoms with van der Waals surface area (Å²) in [5, 5.41) is 9.48. The highest BCUT2D eigenvalue weighted by Gasteiger charge is 2.18. The maximum atomic E-state index is 12.4. The number of piperidine rings is 1. The molecule has 1 aromatic heterocycles. The maximum absolute atomic E-state index is 12.4. The van der Waals surface area contributed by atoms with E-state index in [9.17, 15) is 14.4 Å². The van der Waals surface area contributed by atoms with E-state index in [-0.39, 0.29) is 5.69 Å². The van der Waals surface area contributed by atoms with Crippen molar-refractivity contribution in [2.75, 3.05) is 29.9 Å². The molecule has 2 aromatic carbocycles. The van der Waals surface area contributed by atoms with E-state index in [0.29, 0.717) is 16.5 Å². The molecular formula is C23H24N4O4. The van der Waals surface area contributed by atoms with E-state index in [0.717, 1.165) is 24.7 Å². The zero-order valence-corrected chi connectivity index (χ0v) is 17.3. The van der Waals surface area contributed by atoms with Crippen LogP contribution in [0.4, 0.5) is 11.4 Å². The number of benzene rings is 2. The summed E-state index contributed by atoms with van der Waals surface area (Å²) in [6.45, 7) is 3.89. The lowest BCUT2D eigenvalue weighted by Crippen LogP contribution is -2.32. The van der Waals surface area contributed by atoms with Crippen molar-refractivity contribution in [1.29, 1.82) is 0 Å². The number of rotatable bonds is 5. The molecule has 0 atom stereocenters. The fourth-order valence-corrected chi connectivity index (χ4v) is 3.69. The molecule has 31 heavy (non-hydrogen) atoms. The van der Waals surface area contributed by atoms with Gasteiger partial charge in [-0.25, -0.2) is 9.89 Å². The molecule has 1 aliphatic heterocycles. The first-order chi connectivity index (χ1) is 15.0. The van der Waals surface area contributed by atoms with Gasteiger partial charge in [0, 0.05) is 29.9 Å². The summed E-state index contributed by atoms with van der Waals surface area (Å²) in [5.41, 5.74) is 1.32. The average Bonchev–Trinajstić information content (AvgIpc) is 2.79. The van der Waals surface area contributed by atoms with E-state index in [1.165, 1.54) is 12.8 Å². The summed E-state index contributed by atoms with van der Waals surface area (Å²) in [5.74, 6) is -0.472. The Bertz CT molecular complexity index is 1150. The maximum Gasteiger partial charge on any atom is 0.359 e. The van der Waals surface area contributed by atoms with Crippen molar-refractivity contribution in [3.8, 4) is 0 Å². The molecular weight excluding hydrogens is 396 g/mol. The first-order valence-corrected chi connectivity index (χ1v) is 10.3. The van der Waals surface area contributed by atoms with Crippen LogP contribution in [0.5, 0.6) is 0 Å². The van der Waals surface area contributed by atoms with Crippen molar-refractivity contribution in [1.82, 2.24) is 10.2 Å². The molecule has 8 heteroatoms. The zero-order chi connectivity index (χ0) is 21.8. The van der Waals surface area contributed by atoms with Gasteiger partial charge in [-0.3, -0.25) is 9.59 Å². The number of ether oxygens (including phenoxy) is 1. The van der Waals surface area contributed by atoms with Crippen molar-refractivity contribution in [3.63, 3.8) is 0 Å². The van der Waals surface area contributed by atoms with Gasteiger partial charge in [-0.15, -0.1) is 0 Å². The summed E-state index contributed by atoms with van der Waals surface area (Å²) < 4.78 is 5.10. The number of hydrogen-bond acceptors (Lipinski definition) is 6. The van der Waals surface area contributed by atoms with Crippen LogP contribution in [0.25, 0.3) is 10.8 Å². The van der Waals surface area contributed by atoms with E-state index in [2.05, 4.69) is 27.3 Å². The van der Waals surface area contributed by atoms with Gasteiger partial charge in [-0.1, -0.05) is 25.1 Å². The van der Waals surface area contributed by atoms with Gasteiger partial charge in [0.1, 0.15) is 0 Å². The number of nitrogens with zero attached hydrogens (tertiary/aromatic N) is 2. The van der Waals surface area contributed by atoms with Gasteiger partial charge in [-0.2, -0.15) is 5.10 Å². The van der Waals surface area contributed by atoms with Gasteiger partial charge in [-0.05, 0) is 49.1 Å². The predicted molar refractivity (Wildman–Crippen MR) is 118 cm³/mol. The number of nitrogens with one attached hydrogen (secondary N) is 2. The van der Waals surface area contributed by atoms with Crippen LogP contribution in [0.15, 0.2) is 53.3 Å². The number of carbonyl (C=O) groups is 2. The van der Waals surface area contributed by atoms with Crippen molar-refractivity contribution in [2.24, 2.45) is 5.92 Å². The second-order valence-corrected chi connectivity index (χ2v) is 7.79. The molecule has 0 radical (unpaired) electrons. The number of aromatic nitrogens is 2. The topological polar surface area (TPSA) is 104 Å². The quantitative estimate of drug-likeness (QED) is 0.615. The zero-order valence-electron chi connectivity index (χ0n) is 17.3. The highest BCUT2D eigenvalue weighted by molar-refractivity contribution is 6.03. The minimum atomic E-state index is -0.780. The summed E-state index contributed by atoms with van der Waals surface area (Å²) in [4.78, 5) is 38.8. The number of hydrogen-bond donors (Lipinski definition) is 2. The molecule has 0 spiro atoms. The average molecular weight is 420 g/mol. The summed E-state index contributed by atoms with van der Waals surface area (Å²) >= 11 is 0. The number of H-pyrrole nitrogens is 1. The smallest absolute Gasteiger partial charge is 0.359 e. The molecule has 0 bridgehead atoms. The van der Waals surface area contributed by atoms with Crippen LogP contribution >= 0.6 is 0 Å². The lowest BCUT2D eigenvalue weighted by atomic mass is 9.99. The summed E-state index contributed by atoms with van der Waals surface area (Å²) in [6, 6.07) is 14.2. The van der Waals surface area contributed by atoms with Gasteiger partial charge >= 0.3 is 5.97 Å². The Balaban J connectivity index is 1.34. The molecule has 0 saturated carbocycles. The molecule has 4 rings (SSSR count). The second-order valence-electron chi connectivity index (χ2n) is 7.79. The molecule has 2 N–H and O–H groups in total. The highest BCUT2D eigenvalue weighted by Crippen LogP contribution is 2.24. The first-order valence-electron chi connectivity index (χ1n) is 10.3. The fraction of sp³-hybridized carbons (Fsp3) is 0.304. The molecule has 8 nitrogen and oxygen atoms in total. The molecule has 1 aliphatic rings. The SMILES string of the molecule is CC1CCN(c2ccc(NC(=O)COC(=O)c3n[nH]c(=O)c4ccccc34)cc2)CC1. The second kappa shape index (κ2) is 8.99. The fourth-order valence-electron chi connectivity index (χ4n) is 3.69. The van der Waals surface area contributed by atoms with E-state index in [1.54, 1.807) is 24.3 Å². The molecule has 3 aromatic rings. The van der Waals surface area contributed by atoms with Gasteiger partial charge < -0.3 is 15.0 Å². The number of carbonyl (C=O) groups excluding carboxylic acids is 2. The number of esters is 1. The Kier molecular flexibility index (Phi) is 5.97. The van der Waals surface area contributed by atoms with Crippen molar-refractivity contribution < 1.29 is 14.3 Å². The van der Waals surface area contributed by atoms with Crippen LogP contribution in [0.1, 0.15) is 30.3 Å². The minimum Gasteiger partial charge on any atom is -0.451 e. The molecule has 1 saturated heterocycles. The van der Waals surface area contributed by atoms with E-state index < -0.39 is 24.0 Å². The Morgan fingerprint density at radius 2 is 1.77 bits per heavy atom. The first kappa shape index (κ1) is 20.6. The molecule has 160 valence electrons. The molecule has 0 unspecified atom stereocenters. The Hall–Kier alpha value is -3.68. The molecule has 2 heterocycles. The minimum absolute atomic E-state index is 0.0387. The summed E-state index contributed by atoms with van der Waals surface area (Å²) in [7, 11) is 0. The van der Waals surface area contributed by atoms with Crippen molar-refractivity contribution in [2.45, 2.75) is 19.8 Å². The van der Waals surface area contributed by atoms with Gasteiger partial charge in [0.2, 0.25) is 0 Å². The normalized spacial score (nSPS) is 14.4. The van der Waals surface area contributed by atoms with E-state index in [1.807, 2.05) is 24.3 Å². The Morgan fingerprint density at radius 1 is 1.10 bits per heavy atom. The number of anilines is 2. The third-order valence-corrected chi connectivity index (χ3v) is 5.52.